The highest BCUT2D eigenvalue weighted by molar-refractivity contribution is 8.15. The molecular formula is C20H19ClN2O4S2. The first-order valence-corrected chi connectivity index (χ1v) is 12.1. The summed E-state index contributed by atoms with van der Waals surface area (Å²) >= 11 is 7.21. The Labute approximate surface area is 178 Å². The second-order valence-electron chi connectivity index (χ2n) is 6.94. The summed E-state index contributed by atoms with van der Waals surface area (Å²) < 4.78 is 29.6. The lowest BCUT2D eigenvalue weighted by molar-refractivity contribution is -0.119. The minimum atomic E-state index is -3.07. The van der Waals surface area contributed by atoms with Gasteiger partial charge in [0, 0.05) is 16.8 Å². The van der Waals surface area contributed by atoms with E-state index in [1.54, 1.807) is 24.3 Å². The molecule has 1 amide bonds. The highest BCUT2D eigenvalue weighted by Crippen LogP contribution is 2.39. The molecule has 0 aliphatic carbocycles. The lowest BCUT2D eigenvalue weighted by Crippen LogP contribution is -2.37. The van der Waals surface area contributed by atoms with Crippen LogP contribution in [0.2, 0.25) is 5.02 Å². The number of aliphatic imine (C=N–C) groups is 1. The second-order valence-corrected chi connectivity index (χ2v) is 10.7. The van der Waals surface area contributed by atoms with Gasteiger partial charge >= 0.3 is 0 Å². The monoisotopic (exact) mass is 450 g/mol. The van der Waals surface area contributed by atoms with Crippen molar-refractivity contribution in [3.63, 3.8) is 0 Å². The van der Waals surface area contributed by atoms with Gasteiger partial charge in [0.05, 0.1) is 17.5 Å². The molecule has 29 heavy (non-hydrogen) atoms. The van der Waals surface area contributed by atoms with Gasteiger partial charge in [0.2, 0.25) is 0 Å². The molecule has 0 radical (unpaired) electrons. The van der Waals surface area contributed by atoms with E-state index in [1.807, 2.05) is 35.2 Å². The number of halogens is 1. The van der Waals surface area contributed by atoms with Crippen LogP contribution in [0.25, 0.3) is 0 Å². The molecule has 152 valence electrons. The van der Waals surface area contributed by atoms with Crippen LogP contribution in [0, 0.1) is 0 Å². The molecule has 2 aromatic rings. The van der Waals surface area contributed by atoms with E-state index in [0.717, 1.165) is 5.56 Å². The molecule has 6 nitrogen and oxygen atoms in total. The Morgan fingerprint density at radius 3 is 2.59 bits per heavy atom. The average molecular weight is 451 g/mol. The van der Waals surface area contributed by atoms with E-state index >= 15 is 0 Å². The van der Waals surface area contributed by atoms with E-state index in [1.165, 1.54) is 11.8 Å². The van der Waals surface area contributed by atoms with Crippen LogP contribution < -0.4 is 4.74 Å². The molecule has 0 N–H and O–H groups in total. The molecule has 0 bridgehead atoms. The summed E-state index contributed by atoms with van der Waals surface area (Å²) in [4.78, 5) is 18.6. The summed E-state index contributed by atoms with van der Waals surface area (Å²) in [5, 5.41) is 1.04. The summed E-state index contributed by atoms with van der Waals surface area (Å²) in [6, 6.07) is 16.3. The fourth-order valence-electron chi connectivity index (χ4n) is 3.42. The number of hydrogen-bond acceptors (Lipinski definition) is 5. The van der Waals surface area contributed by atoms with Crippen molar-refractivity contribution in [3.05, 3.63) is 65.2 Å². The average Bonchev–Trinajstić information content (AvgIpc) is 3.14. The van der Waals surface area contributed by atoms with Crippen LogP contribution in [0.1, 0.15) is 5.56 Å². The van der Waals surface area contributed by atoms with E-state index in [4.69, 9.17) is 16.3 Å². The van der Waals surface area contributed by atoms with Gasteiger partial charge in [0.25, 0.3) is 5.91 Å². The number of amides is 1. The number of ether oxygens (including phenoxy) is 1. The zero-order valence-corrected chi connectivity index (χ0v) is 17.8. The molecular weight excluding hydrogens is 432 g/mol. The third kappa shape index (κ3) is 4.94. The normalized spacial score (nSPS) is 23.9. The number of sulfone groups is 1. The van der Waals surface area contributed by atoms with Crippen LogP contribution in [0.15, 0.2) is 59.6 Å². The first-order valence-electron chi connectivity index (χ1n) is 9.07. The lowest BCUT2D eigenvalue weighted by atomic mass is 10.1. The Morgan fingerprint density at radius 1 is 1.14 bits per heavy atom. The molecule has 2 atom stereocenters. The van der Waals surface area contributed by atoms with Gasteiger partial charge in [0.1, 0.15) is 5.75 Å². The van der Waals surface area contributed by atoms with Gasteiger partial charge in [-0.05, 0) is 29.8 Å². The number of thioether (sulfide) groups is 1. The Bertz CT molecular complexity index is 1030. The third-order valence-electron chi connectivity index (χ3n) is 4.77. The smallest absolute Gasteiger partial charge is 0.285 e. The van der Waals surface area contributed by atoms with Crippen molar-refractivity contribution in [3.8, 4) is 5.75 Å². The van der Waals surface area contributed by atoms with Crippen LogP contribution in [0.5, 0.6) is 5.75 Å². The van der Waals surface area contributed by atoms with Gasteiger partial charge < -0.3 is 9.64 Å². The maximum absolute atomic E-state index is 12.4. The van der Waals surface area contributed by atoms with E-state index in [9.17, 15) is 13.2 Å². The quantitative estimate of drug-likeness (QED) is 0.697. The number of fused-ring (bicyclic) bond motifs is 1. The number of rotatable bonds is 5. The van der Waals surface area contributed by atoms with E-state index in [0.29, 0.717) is 22.5 Å². The zero-order chi connectivity index (χ0) is 20.4. The molecule has 2 aliphatic rings. The van der Waals surface area contributed by atoms with E-state index in [-0.39, 0.29) is 29.4 Å². The minimum Gasteiger partial charge on any atom is -0.484 e. The fourth-order valence-corrected chi connectivity index (χ4v) is 7.51. The minimum absolute atomic E-state index is 0.0893. The van der Waals surface area contributed by atoms with Gasteiger partial charge in [-0.1, -0.05) is 53.7 Å². The summed E-state index contributed by atoms with van der Waals surface area (Å²) in [5.74, 6) is 0.322. The van der Waals surface area contributed by atoms with Crippen LogP contribution in [0.3, 0.4) is 0 Å². The van der Waals surface area contributed by atoms with Crippen molar-refractivity contribution in [1.82, 2.24) is 4.90 Å². The molecule has 2 saturated heterocycles. The van der Waals surface area contributed by atoms with Crippen molar-refractivity contribution in [2.24, 2.45) is 4.99 Å². The zero-order valence-electron chi connectivity index (χ0n) is 15.4. The first kappa shape index (κ1) is 20.3. The highest BCUT2D eigenvalue weighted by Gasteiger charge is 2.48. The number of nitrogens with zero attached hydrogens (tertiary/aromatic N) is 2. The van der Waals surface area contributed by atoms with Gasteiger partial charge in [-0.25, -0.2) is 8.42 Å². The van der Waals surface area contributed by atoms with Crippen molar-refractivity contribution in [2.75, 3.05) is 18.1 Å². The molecule has 0 saturated carbocycles. The van der Waals surface area contributed by atoms with Crippen LogP contribution >= 0.6 is 23.4 Å². The summed E-state index contributed by atoms with van der Waals surface area (Å²) in [5.41, 5.74) is 1.04. The molecule has 0 aromatic heterocycles. The second kappa shape index (κ2) is 8.38. The number of benzene rings is 2. The summed E-state index contributed by atoms with van der Waals surface area (Å²) in [6.45, 7) is 0.313. The Morgan fingerprint density at radius 2 is 1.86 bits per heavy atom. The Hall–Kier alpha value is -2.03. The Kier molecular flexibility index (Phi) is 5.85. The van der Waals surface area contributed by atoms with Crippen LogP contribution in [-0.2, 0) is 21.2 Å². The molecule has 0 spiro atoms. The van der Waals surface area contributed by atoms with E-state index in [2.05, 4.69) is 4.99 Å². The maximum Gasteiger partial charge on any atom is 0.285 e. The first-order chi connectivity index (χ1) is 13.9. The largest absolute Gasteiger partial charge is 0.484 e. The lowest BCUT2D eigenvalue weighted by Gasteiger charge is -2.24. The molecule has 2 aromatic carbocycles. The van der Waals surface area contributed by atoms with Gasteiger partial charge in [-0.15, -0.1) is 0 Å². The van der Waals surface area contributed by atoms with Gasteiger partial charge in [-0.3, -0.25) is 4.79 Å². The molecule has 2 heterocycles. The molecule has 2 fully saturated rings. The maximum atomic E-state index is 12.4. The number of carbonyl (C=O) groups excluding carboxylic acids is 1. The number of amidine groups is 1. The predicted octanol–water partition coefficient (Wildman–Crippen LogP) is 3.02. The summed E-state index contributed by atoms with van der Waals surface area (Å²) in [7, 11) is -3.07. The van der Waals surface area contributed by atoms with Crippen molar-refractivity contribution in [2.45, 2.75) is 17.8 Å². The topological polar surface area (TPSA) is 76.0 Å². The molecule has 9 heteroatoms. The van der Waals surface area contributed by atoms with Crippen molar-refractivity contribution in [1.29, 1.82) is 0 Å². The van der Waals surface area contributed by atoms with Crippen molar-refractivity contribution < 1.29 is 17.9 Å². The van der Waals surface area contributed by atoms with Crippen LogP contribution in [-0.4, -0.2) is 53.8 Å². The standard InChI is InChI=1S/C20H19ClN2O4S2/c21-15-6-8-16(9-7-15)27-11-19(24)22-20-23(10-14-4-2-1-3-5-14)17-12-29(25,26)13-18(17)28-20/h1-9,17-18H,10-13H2. The highest BCUT2D eigenvalue weighted by atomic mass is 35.5. The fraction of sp³-hybridized carbons (Fsp3) is 0.300. The van der Waals surface area contributed by atoms with E-state index < -0.39 is 15.7 Å². The van der Waals surface area contributed by atoms with Crippen molar-refractivity contribution >= 4 is 44.3 Å². The molecule has 2 aliphatic heterocycles. The molecule has 2 unspecified atom stereocenters. The summed E-state index contributed by atoms with van der Waals surface area (Å²) in [6.07, 6.45) is 0. The van der Waals surface area contributed by atoms with Crippen LogP contribution in [0.4, 0.5) is 0 Å². The third-order valence-corrected chi connectivity index (χ3v) is 8.27. The SMILES string of the molecule is O=C(COc1ccc(Cl)cc1)N=C1SC2CS(=O)(=O)CC2N1Cc1ccccc1. The predicted molar refractivity (Wildman–Crippen MR) is 115 cm³/mol. The molecule has 4 rings (SSSR count). The number of hydrogen-bond donors (Lipinski definition) is 0. The van der Waals surface area contributed by atoms with Gasteiger partial charge in [-0.2, -0.15) is 4.99 Å². The Balaban J connectivity index is 1.49. The van der Waals surface area contributed by atoms with Gasteiger partial charge in [0.15, 0.2) is 21.6 Å². The number of carbonyl (C=O) groups is 1.